The van der Waals surface area contributed by atoms with Gasteiger partial charge in [0.05, 0.1) is 13.7 Å². The highest BCUT2D eigenvalue weighted by Gasteiger charge is 2.33. The molecule has 1 unspecified atom stereocenters. The number of rotatable bonds is 5. The molecule has 0 saturated carbocycles. The number of hydrogen-bond donors (Lipinski definition) is 1. The van der Waals surface area contributed by atoms with Gasteiger partial charge in [-0.25, -0.2) is 0 Å². The van der Waals surface area contributed by atoms with Crippen LogP contribution in [0.15, 0.2) is 0 Å². The van der Waals surface area contributed by atoms with E-state index in [1.54, 1.807) is 0 Å². The third-order valence-corrected chi connectivity index (χ3v) is 3.55. The van der Waals surface area contributed by atoms with Crippen molar-refractivity contribution < 1.29 is 14.3 Å². The van der Waals surface area contributed by atoms with Crippen LogP contribution >= 0.6 is 0 Å². The summed E-state index contributed by atoms with van der Waals surface area (Å²) in [5.74, 6) is -0.271. The third-order valence-electron chi connectivity index (χ3n) is 3.55. The van der Waals surface area contributed by atoms with Gasteiger partial charge in [-0.2, -0.15) is 0 Å². The zero-order valence-electron chi connectivity index (χ0n) is 11.8. The lowest BCUT2D eigenvalue weighted by Crippen LogP contribution is -2.49. The summed E-state index contributed by atoms with van der Waals surface area (Å²) in [6.07, 6.45) is 2.58. The summed E-state index contributed by atoms with van der Waals surface area (Å²) in [5.41, 5.74) is -0.197. The van der Waals surface area contributed by atoms with E-state index in [2.05, 4.69) is 5.32 Å². The van der Waals surface area contributed by atoms with Gasteiger partial charge >= 0.3 is 5.97 Å². The standard InChI is InChI=1S/C13H24N2O3/c1-5-13(2,3)14-11(16)9-15-8-6-7-10(15)12(17)18-4/h10H,5-9H2,1-4H3,(H,14,16). The van der Waals surface area contributed by atoms with Crippen LogP contribution in [0.1, 0.15) is 40.0 Å². The van der Waals surface area contributed by atoms with E-state index in [1.165, 1.54) is 7.11 Å². The van der Waals surface area contributed by atoms with Crippen molar-refractivity contribution in [1.82, 2.24) is 10.2 Å². The Bertz CT molecular complexity index is 315. The zero-order chi connectivity index (χ0) is 13.8. The fourth-order valence-electron chi connectivity index (χ4n) is 2.11. The molecule has 1 aliphatic heterocycles. The van der Waals surface area contributed by atoms with Crippen molar-refractivity contribution in [2.24, 2.45) is 0 Å². The van der Waals surface area contributed by atoms with Crippen LogP contribution < -0.4 is 5.32 Å². The molecule has 0 bridgehead atoms. The van der Waals surface area contributed by atoms with Crippen molar-refractivity contribution in [2.45, 2.75) is 51.6 Å². The monoisotopic (exact) mass is 256 g/mol. The summed E-state index contributed by atoms with van der Waals surface area (Å²) in [7, 11) is 1.39. The summed E-state index contributed by atoms with van der Waals surface area (Å²) in [4.78, 5) is 25.4. The van der Waals surface area contributed by atoms with Crippen LogP contribution in [0.5, 0.6) is 0 Å². The molecule has 1 N–H and O–H groups in total. The fraction of sp³-hybridized carbons (Fsp3) is 0.846. The number of nitrogens with one attached hydrogen (secondary N) is 1. The van der Waals surface area contributed by atoms with Crippen LogP contribution in [0.2, 0.25) is 0 Å². The van der Waals surface area contributed by atoms with E-state index in [0.717, 1.165) is 25.8 Å². The minimum atomic E-state index is -0.259. The molecule has 1 rings (SSSR count). The van der Waals surface area contributed by atoms with Crippen LogP contribution in [-0.4, -0.2) is 48.6 Å². The second-order valence-corrected chi connectivity index (χ2v) is 5.44. The summed E-state index contributed by atoms with van der Waals surface area (Å²) in [6.45, 7) is 7.07. The SMILES string of the molecule is CCC(C)(C)NC(=O)CN1CCCC1C(=O)OC. The number of likely N-dealkylation sites (tertiary alicyclic amines) is 1. The summed E-state index contributed by atoms with van der Waals surface area (Å²) >= 11 is 0. The Labute approximate surface area is 109 Å². The molecule has 0 aliphatic carbocycles. The minimum Gasteiger partial charge on any atom is -0.468 e. The highest BCUT2D eigenvalue weighted by molar-refractivity contribution is 5.81. The van der Waals surface area contributed by atoms with Crippen LogP contribution in [0, 0.1) is 0 Å². The molecule has 0 aromatic rings. The molecule has 1 amide bonds. The zero-order valence-corrected chi connectivity index (χ0v) is 11.8. The quantitative estimate of drug-likeness (QED) is 0.743. The molecule has 0 spiro atoms. The summed E-state index contributed by atoms with van der Waals surface area (Å²) < 4.78 is 4.76. The van der Waals surface area contributed by atoms with Gasteiger partial charge in [0.25, 0.3) is 0 Å². The van der Waals surface area contributed by atoms with Gasteiger partial charge < -0.3 is 10.1 Å². The lowest BCUT2D eigenvalue weighted by atomic mass is 10.0. The molecule has 0 aromatic heterocycles. The topological polar surface area (TPSA) is 58.6 Å². The smallest absolute Gasteiger partial charge is 0.323 e. The Balaban J connectivity index is 2.51. The Hall–Kier alpha value is -1.10. The first-order chi connectivity index (χ1) is 8.39. The molecule has 5 nitrogen and oxygen atoms in total. The lowest BCUT2D eigenvalue weighted by molar-refractivity contribution is -0.146. The first-order valence-electron chi connectivity index (χ1n) is 6.52. The first-order valence-corrected chi connectivity index (χ1v) is 6.52. The molecule has 104 valence electrons. The average Bonchev–Trinajstić information content (AvgIpc) is 2.75. The second-order valence-electron chi connectivity index (χ2n) is 5.44. The molecule has 0 radical (unpaired) electrons. The Kier molecular flexibility index (Phi) is 5.14. The van der Waals surface area contributed by atoms with Gasteiger partial charge in [0.2, 0.25) is 5.91 Å². The highest BCUT2D eigenvalue weighted by Crippen LogP contribution is 2.18. The normalized spacial score (nSPS) is 20.8. The number of esters is 1. The van der Waals surface area contributed by atoms with E-state index in [9.17, 15) is 9.59 Å². The number of amides is 1. The largest absolute Gasteiger partial charge is 0.468 e. The van der Waals surface area contributed by atoms with E-state index in [0.29, 0.717) is 0 Å². The molecule has 1 aliphatic rings. The molecule has 0 aromatic carbocycles. The van der Waals surface area contributed by atoms with Gasteiger partial charge in [0.1, 0.15) is 6.04 Å². The molecule has 1 atom stereocenters. The van der Waals surface area contributed by atoms with Gasteiger partial charge in [-0.1, -0.05) is 6.92 Å². The molecule has 1 fully saturated rings. The number of carbonyl (C=O) groups excluding carboxylic acids is 2. The molecular weight excluding hydrogens is 232 g/mol. The van der Waals surface area contributed by atoms with E-state index >= 15 is 0 Å². The van der Waals surface area contributed by atoms with Crippen LogP contribution in [-0.2, 0) is 14.3 Å². The average molecular weight is 256 g/mol. The minimum absolute atomic E-state index is 0.0300. The lowest BCUT2D eigenvalue weighted by Gasteiger charge is -2.27. The van der Waals surface area contributed by atoms with Crippen LogP contribution in [0.4, 0.5) is 0 Å². The van der Waals surface area contributed by atoms with Gasteiger partial charge in [-0.3, -0.25) is 14.5 Å². The van der Waals surface area contributed by atoms with Gasteiger partial charge in [-0.05, 0) is 39.7 Å². The Morgan fingerprint density at radius 1 is 1.44 bits per heavy atom. The molecule has 5 heteroatoms. The molecular formula is C13H24N2O3. The van der Waals surface area contributed by atoms with Gasteiger partial charge in [0, 0.05) is 5.54 Å². The number of hydrogen-bond acceptors (Lipinski definition) is 4. The summed E-state index contributed by atoms with van der Waals surface area (Å²) in [6, 6.07) is -0.259. The predicted octanol–water partition coefficient (Wildman–Crippen LogP) is 0.929. The Morgan fingerprint density at radius 2 is 2.11 bits per heavy atom. The van der Waals surface area contributed by atoms with Crippen molar-refractivity contribution in [3.63, 3.8) is 0 Å². The predicted molar refractivity (Wildman–Crippen MR) is 69.1 cm³/mol. The fourth-order valence-corrected chi connectivity index (χ4v) is 2.11. The third kappa shape index (κ3) is 3.98. The summed E-state index contributed by atoms with van der Waals surface area (Å²) in [5, 5.41) is 2.98. The van der Waals surface area contributed by atoms with Gasteiger partial charge in [-0.15, -0.1) is 0 Å². The maximum absolute atomic E-state index is 11.9. The first kappa shape index (κ1) is 15.0. The second kappa shape index (κ2) is 6.18. The molecule has 1 heterocycles. The van der Waals surface area contributed by atoms with Crippen molar-refractivity contribution in [3.8, 4) is 0 Å². The van der Waals surface area contributed by atoms with Crippen LogP contribution in [0.3, 0.4) is 0 Å². The van der Waals surface area contributed by atoms with E-state index in [-0.39, 0.29) is 30.0 Å². The number of carbonyl (C=O) groups is 2. The van der Waals surface area contributed by atoms with E-state index < -0.39 is 0 Å². The number of ether oxygens (including phenoxy) is 1. The highest BCUT2D eigenvalue weighted by atomic mass is 16.5. The van der Waals surface area contributed by atoms with Crippen molar-refractivity contribution in [3.05, 3.63) is 0 Å². The van der Waals surface area contributed by atoms with Crippen molar-refractivity contribution in [1.29, 1.82) is 0 Å². The molecule has 18 heavy (non-hydrogen) atoms. The maximum Gasteiger partial charge on any atom is 0.323 e. The maximum atomic E-state index is 11.9. The van der Waals surface area contributed by atoms with E-state index in [4.69, 9.17) is 4.74 Å². The number of methoxy groups -OCH3 is 1. The van der Waals surface area contributed by atoms with Crippen molar-refractivity contribution >= 4 is 11.9 Å². The van der Waals surface area contributed by atoms with E-state index in [1.807, 2.05) is 25.7 Å². The number of nitrogens with zero attached hydrogens (tertiary/aromatic N) is 1. The Morgan fingerprint density at radius 3 is 2.67 bits per heavy atom. The molecule has 1 saturated heterocycles. The van der Waals surface area contributed by atoms with Gasteiger partial charge in [0.15, 0.2) is 0 Å². The van der Waals surface area contributed by atoms with Crippen LogP contribution in [0.25, 0.3) is 0 Å². The van der Waals surface area contributed by atoms with Crippen molar-refractivity contribution in [2.75, 3.05) is 20.2 Å².